The largest absolute Gasteiger partial charge is 0.491 e. The third-order valence-electron chi connectivity index (χ3n) is 6.65. The third kappa shape index (κ3) is 5.81. The van der Waals surface area contributed by atoms with E-state index in [4.69, 9.17) is 14.9 Å². The van der Waals surface area contributed by atoms with Crippen molar-refractivity contribution in [2.75, 3.05) is 23.4 Å². The SMILES string of the molecule is O=C(O)CC[C@H](NC(=O)O)C(=O)Nc1ccc2cccc(OC[C@H]3CCCN3c3ncnc4nc[nH]c34)c2c1. The van der Waals surface area contributed by atoms with E-state index in [9.17, 15) is 14.4 Å². The molecule has 1 aliphatic heterocycles. The Morgan fingerprint density at radius 3 is 2.85 bits per heavy atom. The van der Waals surface area contributed by atoms with Gasteiger partial charge in [-0.25, -0.2) is 19.7 Å². The number of aliphatic carboxylic acids is 1. The highest BCUT2D eigenvalue weighted by molar-refractivity contribution is 5.99. The average Bonchev–Trinajstić information content (AvgIpc) is 3.59. The molecule has 0 spiro atoms. The van der Waals surface area contributed by atoms with E-state index in [0.717, 1.165) is 41.5 Å². The van der Waals surface area contributed by atoms with Gasteiger partial charge in [0.05, 0.1) is 12.4 Å². The molecule has 0 aliphatic carbocycles. The van der Waals surface area contributed by atoms with Crippen LogP contribution in [-0.4, -0.2) is 73.4 Å². The summed E-state index contributed by atoms with van der Waals surface area (Å²) in [7, 11) is 0. The molecule has 0 bridgehead atoms. The van der Waals surface area contributed by atoms with Gasteiger partial charge in [0.25, 0.3) is 0 Å². The number of imidazole rings is 1. The van der Waals surface area contributed by atoms with E-state index in [0.29, 0.717) is 23.7 Å². The minimum Gasteiger partial charge on any atom is -0.491 e. The van der Waals surface area contributed by atoms with Crippen molar-refractivity contribution in [1.29, 1.82) is 0 Å². The number of hydrogen-bond donors (Lipinski definition) is 5. The van der Waals surface area contributed by atoms with Crippen LogP contribution in [0.3, 0.4) is 0 Å². The molecular formula is C26H27N7O6. The molecule has 2 amide bonds. The Hall–Kier alpha value is -4.94. The number of benzene rings is 2. The number of rotatable bonds is 10. The number of H-pyrrole nitrogens is 1. The molecule has 13 nitrogen and oxygen atoms in total. The minimum absolute atomic E-state index is 0.0848. The molecule has 202 valence electrons. The number of nitrogens with zero attached hydrogens (tertiary/aromatic N) is 4. The molecule has 2 aromatic heterocycles. The smallest absolute Gasteiger partial charge is 0.405 e. The fraction of sp³-hybridized carbons (Fsp3) is 0.308. The summed E-state index contributed by atoms with van der Waals surface area (Å²) in [4.78, 5) is 53.0. The van der Waals surface area contributed by atoms with Gasteiger partial charge in [-0.3, -0.25) is 9.59 Å². The number of aromatic nitrogens is 4. The van der Waals surface area contributed by atoms with Crippen LogP contribution >= 0.6 is 0 Å². The molecule has 0 radical (unpaired) electrons. The maximum atomic E-state index is 12.7. The maximum Gasteiger partial charge on any atom is 0.405 e. The van der Waals surface area contributed by atoms with Crippen LogP contribution in [0.5, 0.6) is 5.75 Å². The van der Waals surface area contributed by atoms with Gasteiger partial charge in [-0.2, -0.15) is 0 Å². The number of fused-ring (bicyclic) bond motifs is 2. The van der Waals surface area contributed by atoms with E-state index in [1.54, 1.807) is 18.5 Å². The number of carboxylic acids is 1. The van der Waals surface area contributed by atoms with E-state index in [1.807, 2.05) is 24.3 Å². The Morgan fingerprint density at radius 1 is 1.15 bits per heavy atom. The molecule has 5 N–H and O–H groups in total. The zero-order valence-electron chi connectivity index (χ0n) is 20.8. The average molecular weight is 534 g/mol. The van der Waals surface area contributed by atoms with Crippen LogP contribution in [-0.2, 0) is 9.59 Å². The van der Waals surface area contributed by atoms with Gasteiger partial charge in [0.15, 0.2) is 11.5 Å². The van der Waals surface area contributed by atoms with Crippen LogP contribution in [0.25, 0.3) is 21.9 Å². The molecule has 4 aromatic rings. The van der Waals surface area contributed by atoms with Gasteiger partial charge in [0.2, 0.25) is 5.91 Å². The third-order valence-corrected chi connectivity index (χ3v) is 6.65. The number of carbonyl (C=O) groups excluding carboxylic acids is 1. The monoisotopic (exact) mass is 533 g/mol. The van der Waals surface area contributed by atoms with Crippen molar-refractivity contribution in [1.82, 2.24) is 25.3 Å². The molecule has 1 saturated heterocycles. The zero-order valence-corrected chi connectivity index (χ0v) is 20.8. The summed E-state index contributed by atoms with van der Waals surface area (Å²) >= 11 is 0. The molecule has 5 rings (SSSR count). The lowest BCUT2D eigenvalue weighted by Gasteiger charge is -2.26. The molecule has 1 aliphatic rings. The highest BCUT2D eigenvalue weighted by atomic mass is 16.5. The molecule has 13 heteroatoms. The number of ether oxygens (including phenoxy) is 1. The van der Waals surface area contributed by atoms with Gasteiger partial charge >= 0.3 is 12.1 Å². The van der Waals surface area contributed by atoms with Gasteiger partial charge in [0.1, 0.15) is 30.2 Å². The molecule has 0 unspecified atom stereocenters. The number of amides is 2. The fourth-order valence-electron chi connectivity index (χ4n) is 4.81. The molecular weight excluding hydrogens is 506 g/mol. The Bertz CT molecular complexity index is 1520. The van der Waals surface area contributed by atoms with Crippen molar-refractivity contribution in [3.63, 3.8) is 0 Å². The van der Waals surface area contributed by atoms with E-state index >= 15 is 0 Å². The first-order chi connectivity index (χ1) is 18.9. The summed E-state index contributed by atoms with van der Waals surface area (Å²) < 4.78 is 6.29. The second kappa shape index (κ2) is 11.2. The van der Waals surface area contributed by atoms with Crippen LogP contribution in [0.4, 0.5) is 16.3 Å². The van der Waals surface area contributed by atoms with Crippen LogP contribution in [0.1, 0.15) is 25.7 Å². The van der Waals surface area contributed by atoms with Crippen molar-refractivity contribution in [3.8, 4) is 5.75 Å². The van der Waals surface area contributed by atoms with E-state index in [1.165, 1.54) is 6.33 Å². The summed E-state index contributed by atoms with van der Waals surface area (Å²) in [5.74, 6) is -0.343. The Balaban J connectivity index is 1.32. The normalized spacial score (nSPS) is 15.8. The number of nitrogens with one attached hydrogen (secondary N) is 3. The predicted octanol–water partition coefficient (Wildman–Crippen LogP) is 2.99. The number of carbonyl (C=O) groups is 3. The highest BCUT2D eigenvalue weighted by Crippen LogP contribution is 2.31. The van der Waals surface area contributed by atoms with Gasteiger partial charge in [-0.05, 0) is 42.8 Å². The zero-order chi connectivity index (χ0) is 27.4. The lowest BCUT2D eigenvalue weighted by atomic mass is 10.1. The van der Waals surface area contributed by atoms with Crippen molar-refractivity contribution in [2.24, 2.45) is 0 Å². The van der Waals surface area contributed by atoms with Gasteiger partial charge < -0.3 is 35.5 Å². The summed E-state index contributed by atoms with van der Waals surface area (Å²) in [5.41, 5.74) is 1.83. The fourth-order valence-corrected chi connectivity index (χ4v) is 4.81. The van der Waals surface area contributed by atoms with Gasteiger partial charge in [-0.1, -0.05) is 18.2 Å². The molecule has 2 atom stereocenters. The molecule has 1 fully saturated rings. The number of anilines is 2. The van der Waals surface area contributed by atoms with Gasteiger partial charge in [-0.15, -0.1) is 0 Å². The first-order valence-corrected chi connectivity index (χ1v) is 12.5. The number of carboxylic acid groups (broad SMARTS) is 2. The summed E-state index contributed by atoms with van der Waals surface area (Å²) in [6.45, 7) is 1.24. The molecule has 39 heavy (non-hydrogen) atoms. The van der Waals surface area contributed by atoms with Crippen molar-refractivity contribution in [2.45, 2.75) is 37.8 Å². The van der Waals surface area contributed by atoms with Crippen LogP contribution < -0.4 is 20.3 Å². The Labute approximate surface area is 222 Å². The van der Waals surface area contributed by atoms with Crippen LogP contribution in [0.2, 0.25) is 0 Å². The summed E-state index contributed by atoms with van der Waals surface area (Å²) in [5, 5.41) is 24.4. The van der Waals surface area contributed by atoms with Crippen molar-refractivity contribution >= 4 is 51.4 Å². The molecule has 3 heterocycles. The first-order valence-electron chi connectivity index (χ1n) is 12.5. The Kier molecular flexibility index (Phi) is 7.39. The van der Waals surface area contributed by atoms with Crippen LogP contribution in [0, 0.1) is 0 Å². The lowest BCUT2D eigenvalue weighted by Crippen LogP contribution is -2.43. The highest BCUT2D eigenvalue weighted by Gasteiger charge is 2.28. The van der Waals surface area contributed by atoms with Crippen molar-refractivity contribution in [3.05, 3.63) is 49.1 Å². The lowest BCUT2D eigenvalue weighted by molar-refractivity contribution is -0.137. The second-order valence-corrected chi connectivity index (χ2v) is 9.21. The first kappa shape index (κ1) is 25.7. The van der Waals surface area contributed by atoms with E-state index in [-0.39, 0.29) is 18.9 Å². The topological polar surface area (TPSA) is 183 Å². The standard InChI is InChI=1S/C26H27N7O6/c34-21(35)9-8-19(32-26(37)38)25(36)31-16-7-6-15-3-1-5-20(18(15)11-16)39-12-17-4-2-10-33(17)24-22-23(28-13-27-22)29-14-30-24/h1,3,5-7,11,13-14,17,19,32H,2,4,8-10,12H2,(H,31,36)(H,34,35)(H,37,38)(H,27,28,29,30)/t17-,19+/m1/s1. The quantitative estimate of drug-likeness (QED) is 0.203. The van der Waals surface area contributed by atoms with Crippen LogP contribution in [0.15, 0.2) is 49.1 Å². The van der Waals surface area contributed by atoms with E-state index < -0.39 is 24.0 Å². The van der Waals surface area contributed by atoms with E-state index in [2.05, 4.69) is 35.5 Å². The van der Waals surface area contributed by atoms with Crippen molar-refractivity contribution < 1.29 is 29.3 Å². The number of hydrogen-bond acceptors (Lipinski definition) is 8. The summed E-state index contributed by atoms with van der Waals surface area (Å²) in [6, 6.07) is 9.82. The van der Waals surface area contributed by atoms with Gasteiger partial charge in [0, 0.05) is 24.0 Å². The maximum absolute atomic E-state index is 12.7. The molecule has 0 saturated carbocycles. The predicted molar refractivity (Wildman–Crippen MR) is 142 cm³/mol. The summed E-state index contributed by atoms with van der Waals surface area (Å²) in [6.07, 6.45) is 3.09. The minimum atomic E-state index is -1.41. The second-order valence-electron chi connectivity index (χ2n) is 9.21. The molecule has 2 aromatic carbocycles. The number of aromatic amines is 1. The Morgan fingerprint density at radius 2 is 2.03 bits per heavy atom.